The minimum absolute atomic E-state index is 0.00859. The van der Waals surface area contributed by atoms with Crippen LogP contribution in [-0.4, -0.2) is 5.78 Å². The molecule has 1 aliphatic carbocycles. The van der Waals surface area contributed by atoms with Gasteiger partial charge in [-0.1, -0.05) is 38.2 Å². The molecule has 0 spiro atoms. The molecule has 0 saturated heterocycles. The second kappa shape index (κ2) is 3.73. The van der Waals surface area contributed by atoms with Crippen molar-refractivity contribution >= 4 is 5.78 Å². The average Bonchev–Trinajstić information content (AvgIpc) is 2.03. The van der Waals surface area contributed by atoms with Crippen LogP contribution in [0.2, 0.25) is 0 Å². The van der Waals surface area contributed by atoms with Crippen molar-refractivity contribution in [1.29, 1.82) is 0 Å². The second-order valence-corrected chi connectivity index (χ2v) is 3.96. The van der Waals surface area contributed by atoms with Gasteiger partial charge in [0.05, 0.1) is 0 Å². The summed E-state index contributed by atoms with van der Waals surface area (Å²) in [5.74, 6) is 0.136. The first-order chi connectivity index (χ1) is 6.08. The van der Waals surface area contributed by atoms with Crippen molar-refractivity contribution in [2.45, 2.75) is 27.2 Å². The van der Waals surface area contributed by atoms with Crippen LogP contribution in [0.15, 0.2) is 36.0 Å². The Morgan fingerprint density at radius 3 is 2.77 bits per heavy atom. The monoisotopic (exact) mass is 176 g/mol. The first-order valence-electron chi connectivity index (χ1n) is 4.62. The third-order valence-corrected chi connectivity index (χ3v) is 2.34. The van der Waals surface area contributed by atoms with Gasteiger partial charge in [0, 0.05) is 5.57 Å². The lowest BCUT2D eigenvalue weighted by Crippen LogP contribution is -2.21. The smallest absolute Gasteiger partial charge is 0.182 e. The van der Waals surface area contributed by atoms with Gasteiger partial charge < -0.3 is 0 Å². The highest BCUT2D eigenvalue weighted by atomic mass is 16.1. The molecule has 0 bridgehead atoms. The number of carbonyl (C=O) groups is 1. The van der Waals surface area contributed by atoms with Crippen molar-refractivity contribution in [3.05, 3.63) is 36.0 Å². The first kappa shape index (κ1) is 9.97. The molecule has 1 aliphatic rings. The summed E-state index contributed by atoms with van der Waals surface area (Å²) in [6, 6.07) is 0. The summed E-state index contributed by atoms with van der Waals surface area (Å²) in [4.78, 5) is 11.6. The quantitative estimate of drug-likeness (QED) is 0.591. The van der Waals surface area contributed by atoms with Crippen LogP contribution in [0.25, 0.3) is 0 Å². The van der Waals surface area contributed by atoms with Gasteiger partial charge in [0.15, 0.2) is 5.78 Å². The van der Waals surface area contributed by atoms with Gasteiger partial charge in [-0.2, -0.15) is 0 Å². The molecule has 13 heavy (non-hydrogen) atoms. The second-order valence-electron chi connectivity index (χ2n) is 3.96. The molecule has 0 N–H and O–H groups in total. The van der Waals surface area contributed by atoms with Gasteiger partial charge in [-0.3, -0.25) is 4.79 Å². The average molecular weight is 176 g/mol. The van der Waals surface area contributed by atoms with Gasteiger partial charge >= 0.3 is 0 Å². The van der Waals surface area contributed by atoms with E-state index >= 15 is 0 Å². The van der Waals surface area contributed by atoms with Crippen LogP contribution in [0.5, 0.6) is 0 Å². The molecule has 0 heterocycles. The van der Waals surface area contributed by atoms with Gasteiger partial charge in [0.25, 0.3) is 0 Å². The van der Waals surface area contributed by atoms with E-state index < -0.39 is 0 Å². The number of hydrogen-bond acceptors (Lipinski definition) is 1. The van der Waals surface area contributed by atoms with E-state index in [0.29, 0.717) is 0 Å². The lowest BCUT2D eigenvalue weighted by molar-refractivity contribution is -0.112. The number of allylic oxidation sites excluding steroid dienone is 6. The molecule has 0 unspecified atom stereocenters. The van der Waals surface area contributed by atoms with Crippen LogP contribution >= 0.6 is 0 Å². The van der Waals surface area contributed by atoms with Crippen LogP contribution in [-0.2, 0) is 4.79 Å². The molecule has 0 atom stereocenters. The van der Waals surface area contributed by atoms with E-state index in [0.717, 1.165) is 12.0 Å². The molecule has 0 saturated carbocycles. The van der Waals surface area contributed by atoms with Crippen molar-refractivity contribution in [2.24, 2.45) is 5.41 Å². The topological polar surface area (TPSA) is 17.1 Å². The Morgan fingerprint density at radius 2 is 2.23 bits per heavy atom. The van der Waals surface area contributed by atoms with Crippen LogP contribution in [0.3, 0.4) is 0 Å². The predicted molar refractivity (Wildman–Crippen MR) is 55.4 cm³/mol. The molecule has 70 valence electrons. The van der Waals surface area contributed by atoms with Crippen LogP contribution in [0, 0.1) is 5.41 Å². The van der Waals surface area contributed by atoms with Gasteiger partial charge in [0.2, 0.25) is 0 Å². The fraction of sp³-hybridized carbons (Fsp3) is 0.417. The van der Waals surface area contributed by atoms with Gasteiger partial charge in [-0.25, -0.2) is 0 Å². The zero-order valence-electron chi connectivity index (χ0n) is 8.50. The molecular weight excluding hydrogens is 160 g/mol. The van der Waals surface area contributed by atoms with Crippen molar-refractivity contribution in [3.63, 3.8) is 0 Å². The van der Waals surface area contributed by atoms with Crippen molar-refractivity contribution < 1.29 is 4.79 Å². The zero-order valence-corrected chi connectivity index (χ0v) is 8.50. The Labute approximate surface area is 79.8 Å². The first-order valence-corrected chi connectivity index (χ1v) is 4.62. The lowest BCUT2D eigenvalue weighted by atomic mass is 9.76. The zero-order chi connectivity index (χ0) is 9.90. The van der Waals surface area contributed by atoms with Gasteiger partial charge in [-0.05, 0) is 24.8 Å². The molecule has 0 fully saturated rings. The molecule has 0 aromatic rings. The highest BCUT2D eigenvalue weighted by molar-refractivity contribution is 6.05. The number of carbonyl (C=O) groups excluding carboxylic acids is 1. The minimum Gasteiger partial charge on any atom is -0.290 e. The van der Waals surface area contributed by atoms with E-state index in [4.69, 9.17) is 0 Å². The van der Waals surface area contributed by atoms with Crippen LogP contribution in [0.1, 0.15) is 27.2 Å². The minimum atomic E-state index is -0.00859. The molecule has 0 amide bonds. The Morgan fingerprint density at radius 1 is 1.54 bits per heavy atom. The maximum atomic E-state index is 11.6. The number of rotatable bonds is 2. The van der Waals surface area contributed by atoms with Crippen molar-refractivity contribution in [2.75, 3.05) is 0 Å². The molecule has 1 nitrogen and oxygen atoms in total. The maximum Gasteiger partial charge on any atom is 0.182 e. The van der Waals surface area contributed by atoms with Gasteiger partial charge in [-0.15, -0.1) is 0 Å². The van der Waals surface area contributed by atoms with E-state index in [1.807, 2.05) is 19.1 Å². The largest absolute Gasteiger partial charge is 0.290 e. The normalized spacial score (nSPS) is 20.4. The van der Waals surface area contributed by atoms with Crippen molar-refractivity contribution in [3.8, 4) is 0 Å². The number of hydrogen-bond donors (Lipinski definition) is 0. The molecule has 0 aromatic carbocycles. The molecule has 1 rings (SSSR count). The highest BCUT2D eigenvalue weighted by Crippen LogP contribution is 2.34. The summed E-state index contributed by atoms with van der Waals surface area (Å²) in [5, 5.41) is 0. The Balaban J connectivity index is 2.94. The summed E-state index contributed by atoms with van der Waals surface area (Å²) >= 11 is 0. The standard InChI is InChI=1S/C12H16O/c1-4-7-11(13)10-8-5-6-9-12(10,2)3/h4-8H,9H2,1-3H3. The summed E-state index contributed by atoms with van der Waals surface area (Å²) in [5.41, 5.74) is 0.902. The Bertz CT molecular complexity index is 290. The fourth-order valence-electron chi connectivity index (χ4n) is 1.52. The molecule has 0 aliphatic heterocycles. The fourth-order valence-corrected chi connectivity index (χ4v) is 1.52. The van der Waals surface area contributed by atoms with E-state index in [2.05, 4.69) is 19.9 Å². The summed E-state index contributed by atoms with van der Waals surface area (Å²) in [6.45, 7) is 6.07. The van der Waals surface area contributed by atoms with Gasteiger partial charge in [0.1, 0.15) is 0 Å². The Hall–Kier alpha value is -1.11. The third kappa shape index (κ3) is 2.18. The molecule has 1 heteroatoms. The highest BCUT2D eigenvalue weighted by Gasteiger charge is 2.27. The summed E-state index contributed by atoms with van der Waals surface area (Å²) < 4.78 is 0. The lowest BCUT2D eigenvalue weighted by Gasteiger charge is -2.27. The van der Waals surface area contributed by atoms with E-state index in [1.165, 1.54) is 0 Å². The third-order valence-electron chi connectivity index (χ3n) is 2.34. The summed E-state index contributed by atoms with van der Waals surface area (Å²) in [7, 11) is 0. The summed E-state index contributed by atoms with van der Waals surface area (Å²) in [6.07, 6.45) is 10.4. The van der Waals surface area contributed by atoms with E-state index in [-0.39, 0.29) is 11.2 Å². The molecule has 0 aromatic heterocycles. The van der Waals surface area contributed by atoms with E-state index in [9.17, 15) is 4.79 Å². The Kier molecular flexibility index (Phi) is 2.86. The van der Waals surface area contributed by atoms with Crippen molar-refractivity contribution in [1.82, 2.24) is 0 Å². The molecule has 0 radical (unpaired) electrons. The van der Waals surface area contributed by atoms with Crippen LogP contribution < -0.4 is 0 Å². The molecular formula is C12H16O. The SMILES string of the molecule is CC=CC(=O)C1=CC=CCC1(C)C. The maximum absolute atomic E-state index is 11.6. The predicted octanol–water partition coefficient (Wildman–Crippen LogP) is 3.04. The number of ketones is 1. The van der Waals surface area contributed by atoms with E-state index in [1.54, 1.807) is 12.2 Å². The van der Waals surface area contributed by atoms with Crippen LogP contribution in [0.4, 0.5) is 0 Å².